The average molecular weight is 1830 g/mol. The summed E-state index contributed by atoms with van der Waals surface area (Å²) in [6.45, 7) is 53.8. The molecule has 20 rings (SSSR count). The highest BCUT2D eigenvalue weighted by Gasteiger charge is 2.20. The fourth-order valence-corrected chi connectivity index (χ4v) is 15.9. The number of fused-ring (bicyclic) bond motifs is 10. The first-order valence-electron chi connectivity index (χ1n) is 47.1. The second kappa shape index (κ2) is 46.9. The molecule has 20 aromatic rings. The van der Waals surface area contributed by atoms with E-state index in [1.54, 1.807) is 59.1 Å². The Kier molecular flexibility index (Phi) is 35.4. The second-order valence-electron chi connectivity index (χ2n) is 37.1. The van der Waals surface area contributed by atoms with E-state index in [1.165, 1.54) is 97.6 Å². The van der Waals surface area contributed by atoms with Crippen molar-refractivity contribution in [2.75, 3.05) is 0 Å². The van der Waals surface area contributed by atoms with Gasteiger partial charge in [-0.05, 0) is 212 Å². The summed E-state index contributed by atoms with van der Waals surface area (Å²) >= 11 is 0. The maximum Gasteiger partial charge on any atom is 0.173 e. The number of halogens is 4. The van der Waals surface area contributed by atoms with Gasteiger partial charge in [0.25, 0.3) is 0 Å². The summed E-state index contributed by atoms with van der Waals surface area (Å²) in [7, 11) is 0. The molecule has 19 heterocycles. The summed E-state index contributed by atoms with van der Waals surface area (Å²) in [5.41, 5.74) is 25.8. The van der Waals surface area contributed by atoms with Crippen molar-refractivity contribution in [3.63, 3.8) is 0 Å². The molecule has 135 heavy (non-hydrogen) atoms. The normalized spacial score (nSPS) is 12.1. The minimum atomic E-state index is -1.32. The molecule has 3 atom stereocenters. The molecule has 0 aliphatic carbocycles. The van der Waals surface area contributed by atoms with Crippen LogP contribution < -0.4 is 0 Å². The SMILES string of the molecule is CC(C)c1cccc2cnccc12.CC(C)c1ccnn2cccc12.CC(C)c1ccnn2ccnc12.CC(C)c1cnc2c(C(C)F)cccn12.CC(C)c1cnc2c(F)c(C(C)F)ccn12.CC(C)c1cnc2cc(C(C)F)ccn12.CC(C)c1cncn2ccnc12.CCc1cccn2c(C(C)C)cnc12.Cc1ccc2c(C(C)C)cnn2c1.Cc1cccn2c(C(C)C)cnc12. The predicted molar refractivity (Wildman–Crippen MR) is 542 cm³/mol. The van der Waals surface area contributed by atoms with Gasteiger partial charge in [0.1, 0.15) is 53.1 Å². The topological polar surface area (TPSA) is 194 Å². The summed E-state index contributed by atoms with van der Waals surface area (Å²) in [5, 5.41) is 15.2. The van der Waals surface area contributed by atoms with Gasteiger partial charge in [-0.2, -0.15) is 15.3 Å². The maximum absolute atomic E-state index is 13.9. The zero-order valence-electron chi connectivity index (χ0n) is 83.4. The summed E-state index contributed by atoms with van der Waals surface area (Å²) in [5.74, 6) is 4.21. The number of alkyl halides is 3. The van der Waals surface area contributed by atoms with Gasteiger partial charge in [0, 0.05) is 192 Å². The molecule has 0 aliphatic heterocycles. The third-order valence-electron chi connectivity index (χ3n) is 23.5. The summed E-state index contributed by atoms with van der Waals surface area (Å²) in [6.07, 6.45) is 41.2. The van der Waals surface area contributed by atoms with Crippen molar-refractivity contribution in [3.05, 3.63) is 353 Å². The highest BCUT2D eigenvalue weighted by atomic mass is 19.1. The molecule has 0 saturated carbocycles. The predicted octanol–water partition coefficient (Wildman–Crippen LogP) is 28.7. The number of pyridine rings is 7. The van der Waals surface area contributed by atoms with Gasteiger partial charge in [0.05, 0.1) is 17.2 Å². The Morgan fingerprint density at radius 2 is 0.822 bits per heavy atom. The zero-order chi connectivity index (χ0) is 97.8. The summed E-state index contributed by atoms with van der Waals surface area (Å²) in [6, 6.07) is 38.1. The van der Waals surface area contributed by atoms with E-state index in [1.807, 2.05) is 153 Å². The lowest BCUT2D eigenvalue weighted by molar-refractivity contribution is 0.361. The van der Waals surface area contributed by atoms with Gasteiger partial charge < -0.3 is 22.0 Å². The minimum absolute atomic E-state index is 0.0633. The first-order chi connectivity index (χ1) is 64.5. The van der Waals surface area contributed by atoms with Crippen LogP contribution in [-0.2, 0) is 6.42 Å². The molecular weight excluding hydrogens is 1690 g/mol. The monoisotopic (exact) mass is 1830 g/mol. The molecule has 0 aliphatic rings. The molecule has 0 fully saturated rings. The molecule has 0 spiro atoms. The molecular formula is C110H135F4N21. The van der Waals surface area contributed by atoms with Crippen molar-refractivity contribution in [1.82, 2.24) is 100 Å². The van der Waals surface area contributed by atoms with E-state index < -0.39 is 24.3 Å². The van der Waals surface area contributed by atoms with Crippen LogP contribution in [0.25, 0.3) is 61.3 Å². The van der Waals surface area contributed by atoms with Crippen LogP contribution in [0.4, 0.5) is 17.6 Å². The van der Waals surface area contributed by atoms with Crippen molar-refractivity contribution in [1.29, 1.82) is 0 Å². The first kappa shape index (κ1) is 102. The molecule has 0 radical (unpaired) electrons. The van der Waals surface area contributed by atoms with Crippen LogP contribution in [0.5, 0.6) is 0 Å². The standard InChI is InChI=1S/C12H14F2N2.2C12H15FN2.C12H16N2.C12H13N.2C11H14N2.C10H12N2.2C9H11N3/c1-7(2)10-6-15-12-11(14)9(8(3)13)4-5-16(10)12;1-8(2)11-7-14-12-6-10(9(3)13)4-5-15(11)12;1-8(2)11-7-14-12-10(9(3)13)5-4-6-15(11)12;1-4-10-6-5-7-14-11(9(2)3)8-13-12(10)14;1-9(2)11-5-3-4-10-8-13-7-6-12(10)11;1-8(2)10-6-12-13-7-9(3)4-5-11(10)13;1-8(2)10-7-12-11-9(3)5-4-6-13(10)11;1-8(2)9-5-6-11-12-7-3-4-10(9)12;1-7(2)8-5-10-6-12-4-3-11-9(8)12;1-7(2)8-3-4-11-12-6-5-10-9(8)12/h4-8H,1-3H3;2*4-9H,1-3H3;5-9H,4H2,1-3H3;3-9H,1-2H3;2*4-8H,1-3H3;3-8H,1-2H3;2*3-7H,1-2H3. The van der Waals surface area contributed by atoms with Crippen molar-refractivity contribution in [2.24, 2.45) is 0 Å². The smallest absolute Gasteiger partial charge is 0.173 e. The summed E-state index contributed by atoms with van der Waals surface area (Å²) < 4.78 is 71.0. The van der Waals surface area contributed by atoms with Crippen LogP contribution in [0.3, 0.4) is 0 Å². The van der Waals surface area contributed by atoms with Crippen LogP contribution in [0.15, 0.2) is 258 Å². The van der Waals surface area contributed by atoms with Crippen molar-refractivity contribution in [2.45, 2.75) is 264 Å². The first-order valence-corrected chi connectivity index (χ1v) is 47.1. The third kappa shape index (κ3) is 24.9. The molecule has 1 aromatic carbocycles. The fourth-order valence-electron chi connectivity index (χ4n) is 15.9. The number of rotatable bonds is 14. The van der Waals surface area contributed by atoms with Gasteiger partial charge in [0.15, 0.2) is 17.1 Å². The number of hydrogen-bond donors (Lipinski definition) is 0. The van der Waals surface area contributed by atoms with Crippen LogP contribution in [0, 0.1) is 19.7 Å². The molecule has 0 amide bonds. The lowest BCUT2D eigenvalue weighted by Gasteiger charge is -2.08. The number of aromatic nitrogens is 21. The molecule has 25 heteroatoms. The second-order valence-corrected chi connectivity index (χ2v) is 37.1. The quantitative estimate of drug-likeness (QED) is 0.0936. The van der Waals surface area contributed by atoms with E-state index in [4.69, 9.17) is 0 Å². The maximum atomic E-state index is 13.9. The molecule has 708 valence electrons. The third-order valence-corrected chi connectivity index (χ3v) is 23.5. The highest BCUT2D eigenvalue weighted by Crippen LogP contribution is 2.31. The zero-order valence-corrected chi connectivity index (χ0v) is 83.4. The van der Waals surface area contributed by atoms with E-state index >= 15 is 0 Å². The van der Waals surface area contributed by atoms with Gasteiger partial charge >= 0.3 is 0 Å². The van der Waals surface area contributed by atoms with E-state index in [0.717, 1.165) is 57.4 Å². The Morgan fingerprint density at radius 1 is 0.311 bits per heavy atom. The Balaban J connectivity index is 0.000000144. The molecule has 21 nitrogen and oxygen atoms in total. The van der Waals surface area contributed by atoms with E-state index in [2.05, 4.69) is 306 Å². The summed E-state index contributed by atoms with van der Waals surface area (Å²) in [4.78, 5) is 38.2. The Labute approximate surface area is 792 Å². The van der Waals surface area contributed by atoms with E-state index in [9.17, 15) is 17.6 Å². The van der Waals surface area contributed by atoms with Gasteiger partial charge in [0.2, 0.25) is 0 Å². The van der Waals surface area contributed by atoms with Crippen LogP contribution in [0.2, 0.25) is 0 Å². The number of aryl methyl sites for hydroxylation is 3. The van der Waals surface area contributed by atoms with E-state index in [0.29, 0.717) is 64.4 Å². The van der Waals surface area contributed by atoms with Crippen LogP contribution >= 0.6 is 0 Å². The number of imidazole rings is 7. The fraction of sp³-hybridized carbons (Fsp3) is 0.364. The Hall–Kier alpha value is -13.6. The van der Waals surface area contributed by atoms with Gasteiger partial charge in [-0.1, -0.05) is 188 Å². The minimum Gasteiger partial charge on any atom is -0.304 e. The molecule has 0 saturated heterocycles. The molecule has 3 unspecified atom stereocenters. The molecule has 0 bridgehead atoms. The lowest BCUT2D eigenvalue weighted by atomic mass is 9.97. The molecule has 19 aromatic heterocycles. The van der Waals surface area contributed by atoms with Crippen molar-refractivity contribution in [3.8, 4) is 0 Å². The number of nitrogens with zero attached hydrogens (tertiary/aromatic N) is 21. The lowest BCUT2D eigenvalue weighted by Crippen LogP contribution is -2.00. The van der Waals surface area contributed by atoms with Gasteiger partial charge in [-0.3, -0.25) is 9.38 Å². The number of benzene rings is 1. The van der Waals surface area contributed by atoms with Gasteiger partial charge in [-0.25, -0.2) is 71.0 Å². The van der Waals surface area contributed by atoms with Crippen molar-refractivity contribution < 1.29 is 17.6 Å². The largest absolute Gasteiger partial charge is 0.304 e. The van der Waals surface area contributed by atoms with Crippen LogP contribution in [-0.4, -0.2) is 100 Å². The average Bonchev–Trinajstić information content (AvgIpc) is 1.65. The molecule has 0 N–H and O–H groups in total. The van der Waals surface area contributed by atoms with E-state index in [-0.39, 0.29) is 17.1 Å². The van der Waals surface area contributed by atoms with Crippen molar-refractivity contribution >= 4 is 61.3 Å². The Morgan fingerprint density at radius 3 is 1.43 bits per heavy atom. The Bertz CT molecular complexity index is 6970. The van der Waals surface area contributed by atoms with Crippen LogP contribution in [0.1, 0.15) is 334 Å². The highest BCUT2D eigenvalue weighted by molar-refractivity contribution is 5.85. The number of hydrogen-bond acceptors (Lipinski definition) is 12. The van der Waals surface area contributed by atoms with Gasteiger partial charge in [-0.15, -0.1) is 0 Å².